The maximum atomic E-state index is 13.9. The van der Waals surface area contributed by atoms with Gasteiger partial charge in [0.2, 0.25) is 11.8 Å². The molecule has 2 saturated heterocycles. The first-order chi connectivity index (χ1) is 20.7. The van der Waals surface area contributed by atoms with E-state index in [9.17, 15) is 45.5 Å². The summed E-state index contributed by atoms with van der Waals surface area (Å²) in [5, 5.41) is 0. The van der Waals surface area contributed by atoms with Crippen LogP contribution in [-0.4, -0.2) is 70.8 Å². The van der Waals surface area contributed by atoms with Gasteiger partial charge in [-0.25, -0.2) is 9.69 Å². The van der Waals surface area contributed by atoms with Crippen LogP contribution in [0.2, 0.25) is 0 Å². The summed E-state index contributed by atoms with van der Waals surface area (Å²) >= 11 is 0. The second-order valence-corrected chi connectivity index (χ2v) is 11.9. The monoisotopic (exact) mass is 641 g/mol. The minimum atomic E-state index is -5.04. The van der Waals surface area contributed by atoms with Gasteiger partial charge in [-0.1, -0.05) is 24.3 Å². The Morgan fingerprint density at radius 1 is 1.02 bits per heavy atom. The summed E-state index contributed by atoms with van der Waals surface area (Å²) in [7, 11) is 1.32. The van der Waals surface area contributed by atoms with Gasteiger partial charge < -0.3 is 14.5 Å². The number of carbonyl (C=O) groups is 4. The number of hydrogen-bond acceptors (Lipinski definition) is 5. The molecule has 2 unspecified atom stereocenters. The van der Waals surface area contributed by atoms with Crippen LogP contribution in [0.1, 0.15) is 67.0 Å². The van der Waals surface area contributed by atoms with Gasteiger partial charge in [-0.3, -0.25) is 14.4 Å². The molecule has 2 aliphatic heterocycles. The number of cyclic esters (lactones) is 1. The van der Waals surface area contributed by atoms with Gasteiger partial charge in [0.15, 0.2) is 5.60 Å². The van der Waals surface area contributed by atoms with Crippen molar-refractivity contribution in [2.45, 2.75) is 64.0 Å². The van der Waals surface area contributed by atoms with E-state index in [0.717, 1.165) is 20.9 Å². The molecule has 0 bridgehead atoms. The van der Waals surface area contributed by atoms with Crippen LogP contribution in [0.5, 0.6) is 0 Å². The van der Waals surface area contributed by atoms with Crippen LogP contribution in [-0.2, 0) is 31.5 Å². The van der Waals surface area contributed by atoms with E-state index in [2.05, 4.69) is 0 Å². The fourth-order valence-electron chi connectivity index (χ4n) is 5.78. The van der Waals surface area contributed by atoms with E-state index in [4.69, 9.17) is 4.74 Å². The van der Waals surface area contributed by atoms with Gasteiger partial charge in [0.25, 0.3) is 5.91 Å². The Labute approximate surface area is 255 Å². The van der Waals surface area contributed by atoms with Crippen LogP contribution in [0.15, 0.2) is 42.5 Å². The second-order valence-electron chi connectivity index (χ2n) is 11.9. The van der Waals surface area contributed by atoms with E-state index < -0.39 is 77.3 Å². The van der Waals surface area contributed by atoms with Gasteiger partial charge in [0.1, 0.15) is 6.54 Å². The first-order valence-electron chi connectivity index (χ1n) is 14.2. The molecule has 2 aromatic rings. The minimum Gasteiger partial charge on any atom is -0.433 e. The number of alkyl halides is 6. The molecule has 2 heterocycles. The molecule has 3 atom stereocenters. The Kier molecular flexibility index (Phi) is 9.02. The second kappa shape index (κ2) is 12.0. The number of halogens is 6. The summed E-state index contributed by atoms with van der Waals surface area (Å²) in [6, 6.07) is 7.22. The molecule has 2 fully saturated rings. The number of rotatable bonds is 6. The van der Waals surface area contributed by atoms with Crippen molar-refractivity contribution in [2.24, 2.45) is 5.92 Å². The summed E-state index contributed by atoms with van der Waals surface area (Å²) in [5.41, 5.74) is -3.18. The Balaban J connectivity index is 1.61. The van der Waals surface area contributed by atoms with Crippen molar-refractivity contribution in [2.75, 3.05) is 26.7 Å². The zero-order chi connectivity index (χ0) is 33.6. The molecule has 0 aliphatic carbocycles. The van der Waals surface area contributed by atoms with Crippen molar-refractivity contribution in [3.63, 3.8) is 0 Å². The molecule has 2 aromatic carbocycles. The lowest BCUT2D eigenvalue weighted by molar-refractivity contribution is -0.144. The number of nitrogens with zero attached hydrogens (tertiary/aromatic N) is 3. The number of likely N-dealkylation sites (tertiary alicyclic amines) is 1. The SMILES string of the molecule is Cc1ccccc1C1CN(C(=O)CN2C(=O)OC(C)(C)C2=O)CCC1C(=O)N(C)[C@@H](C)c1cc(C(F)(F)F)cc(C(F)(F)F)c1. The smallest absolute Gasteiger partial charge is 0.418 e. The molecule has 0 spiro atoms. The van der Waals surface area contributed by atoms with Crippen LogP contribution < -0.4 is 0 Å². The average molecular weight is 642 g/mol. The van der Waals surface area contributed by atoms with Crippen molar-refractivity contribution in [3.8, 4) is 0 Å². The number of imide groups is 1. The highest BCUT2D eigenvalue weighted by Crippen LogP contribution is 2.40. The zero-order valence-electron chi connectivity index (χ0n) is 25.3. The van der Waals surface area contributed by atoms with Gasteiger partial charge in [0, 0.05) is 32.0 Å². The molecule has 0 radical (unpaired) electrons. The Morgan fingerprint density at radius 3 is 2.11 bits per heavy atom. The molecule has 0 N–H and O–H groups in total. The standard InChI is InChI=1S/C31H33F6N3O5/c1-17-8-6-7-9-22(17)24-15-39(25(41)16-40-27(43)29(3,4)45-28(40)44)11-10-23(24)26(42)38(5)18(2)19-12-20(30(32,33)34)14-21(13-19)31(35,36)37/h6-9,12-14,18,23-24H,10-11,15-16H2,1-5H3/t18-,23?,24?/m0/s1. The third-order valence-corrected chi connectivity index (χ3v) is 8.51. The van der Waals surface area contributed by atoms with E-state index in [1.165, 1.54) is 32.7 Å². The first-order valence-corrected chi connectivity index (χ1v) is 14.2. The Bertz CT molecular complexity index is 1470. The van der Waals surface area contributed by atoms with Crippen molar-refractivity contribution < 1.29 is 50.3 Å². The lowest BCUT2D eigenvalue weighted by Gasteiger charge is -2.41. The fourth-order valence-corrected chi connectivity index (χ4v) is 5.78. The maximum Gasteiger partial charge on any atom is 0.418 e. The predicted octanol–water partition coefficient (Wildman–Crippen LogP) is 5.94. The molecule has 0 aromatic heterocycles. The molecule has 244 valence electrons. The van der Waals surface area contributed by atoms with Gasteiger partial charge in [-0.05, 0) is 69.0 Å². The summed E-state index contributed by atoms with van der Waals surface area (Å²) in [6.45, 7) is 5.49. The lowest BCUT2D eigenvalue weighted by Crippen LogP contribution is -2.51. The highest BCUT2D eigenvalue weighted by Gasteiger charge is 2.49. The Hall–Kier alpha value is -4.10. The maximum absolute atomic E-state index is 13.9. The third kappa shape index (κ3) is 6.94. The van der Waals surface area contributed by atoms with Crippen molar-refractivity contribution in [1.82, 2.24) is 14.7 Å². The van der Waals surface area contributed by atoms with Crippen molar-refractivity contribution in [3.05, 3.63) is 70.3 Å². The van der Waals surface area contributed by atoms with Crippen LogP contribution >= 0.6 is 0 Å². The number of piperidine rings is 1. The third-order valence-electron chi connectivity index (χ3n) is 8.51. The largest absolute Gasteiger partial charge is 0.433 e. The summed E-state index contributed by atoms with van der Waals surface area (Å²) in [4.78, 5) is 55.3. The quantitative estimate of drug-likeness (QED) is 0.365. The normalized spacial score (nSPS) is 21.0. The van der Waals surface area contributed by atoms with Crippen LogP contribution in [0.25, 0.3) is 0 Å². The van der Waals surface area contributed by atoms with E-state index in [1.54, 1.807) is 18.2 Å². The molecular formula is C31H33F6N3O5. The van der Waals surface area contributed by atoms with E-state index in [0.29, 0.717) is 12.1 Å². The molecule has 4 rings (SSSR count). The molecule has 45 heavy (non-hydrogen) atoms. The number of ether oxygens (including phenoxy) is 1. The number of benzene rings is 2. The number of hydrogen-bond donors (Lipinski definition) is 0. The number of aryl methyl sites for hydroxylation is 1. The van der Waals surface area contributed by atoms with E-state index in [-0.39, 0.29) is 31.1 Å². The highest BCUT2D eigenvalue weighted by atomic mass is 19.4. The fraction of sp³-hybridized carbons (Fsp3) is 0.484. The van der Waals surface area contributed by atoms with E-state index >= 15 is 0 Å². The van der Waals surface area contributed by atoms with Crippen molar-refractivity contribution >= 4 is 23.8 Å². The van der Waals surface area contributed by atoms with Crippen LogP contribution in [0, 0.1) is 12.8 Å². The molecule has 14 heteroatoms. The number of amides is 4. The number of carbonyl (C=O) groups excluding carboxylic acids is 4. The van der Waals surface area contributed by atoms with Gasteiger partial charge in [-0.2, -0.15) is 26.3 Å². The van der Waals surface area contributed by atoms with Crippen LogP contribution in [0.4, 0.5) is 31.1 Å². The molecule has 8 nitrogen and oxygen atoms in total. The van der Waals surface area contributed by atoms with Crippen molar-refractivity contribution in [1.29, 1.82) is 0 Å². The average Bonchev–Trinajstić information content (AvgIpc) is 3.15. The van der Waals surface area contributed by atoms with E-state index in [1.807, 2.05) is 13.0 Å². The Morgan fingerprint density at radius 2 is 1.60 bits per heavy atom. The predicted molar refractivity (Wildman–Crippen MR) is 149 cm³/mol. The highest BCUT2D eigenvalue weighted by molar-refractivity contribution is 6.04. The molecule has 2 aliphatic rings. The van der Waals surface area contributed by atoms with Crippen LogP contribution in [0.3, 0.4) is 0 Å². The lowest BCUT2D eigenvalue weighted by atomic mass is 9.78. The first kappa shape index (κ1) is 33.8. The van der Waals surface area contributed by atoms with Gasteiger partial charge in [0.05, 0.1) is 17.2 Å². The van der Waals surface area contributed by atoms with Gasteiger partial charge in [-0.15, -0.1) is 0 Å². The molecule has 0 saturated carbocycles. The summed E-state index contributed by atoms with van der Waals surface area (Å²) < 4.78 is 86.1. The summed E-state index contributed by atoms with van der Waals surface area (Å²) in [5.74, 6) is -3.12. The molecular weight excluding hydrogens is 608 g/mol. The molecule has 4 amide bonds. The summed E-state index contributed by atoms with van der Waals surface area (Å²) in [6.07, 6.45) is -10.9. The van der Waals surface area contributed by atoms with Gasteiger partial charge >= 0.3 is 18.4 Å². The minimum absolute atomic E-state index is 0.0184. The zero-order valence-corrected chi connectivity index (χ0v) is 25.3. The topological polar surface area (TPSA) is 87.2 Å².